The maximum absolute atomic E-state index is 12.6. The van der Waals surface area contributed by atoms with E-state index in [1.165, 1.54) is 128 Å². The lowest BCUT2D eigenvalue weighted by atomic mass is 10.0. The minimum atomic E-state index is -0.0454. The molecule has 278 valence electrons. The van der Waals surface area contributed by atoms with E-state index in [1.54, 1.807) is 0 Å². The fraction of sp³-hybridized carbons (Fsp3) is 0.929. The Morgan fingerprint density at radius 3 is 1.47 bits per heavy atom. The topological polar surface area (TPSA) is 65.0 Å². The number of esters is 2. The van der Waals surface area contributed by atoms with Crippen LogP contribution in [0, 0.1) is 0 Å². The van der Waals surface area contributed by atoms with E-state index in [9.17, 15) is 9.59 Å². The molecule has 0 aromatic rings. The van der Waals surface area contributed by atoms with Gasteiger partial charge in [-0.05, 0) is 70.4 Å². The van der Waals surface area contributed by atoms with E-state index in [2.05, 4.69) is 25.8 Å². The third-order valence-corrected chi connectivity index (χ3v) is 9.33. The molecule has 0 unspecified atom stereocenters. The van der Waals surface area contributed by atoms with Gasteiger partial charge in [0, 0.05) is 19.4 Å². The van der Waals surface area contributed by atoms with Crippen LogP contribution in [-0.4, -0.2) is 37.4 Å². The van der Waals surface area contributed by atoms with E-state index >= 15 is 0 Å². The summed E-state index contributed by atoms with van der Waals surface area (Å²) in [4.78, 5) is 29.0. The van der Waals surface area contributed by atoms with Crippen molar-refractivity contribution in [2.24, 2.45) is 4.99 Å². The van der Waals surface area contributed by atoms with E-state index in [0.29, 0.717) is 19.4 Å². The van der Waals surface area contributed by atoms with Gasteiger partial charge in [-0.25, -0.2) is 0 Å². The Hall–Kier alpha value is -1.39. The standard InChI is InChI=1S/C42H81NO4/c1-4-7-10-13-16-17-18-24-32-39-46-41(44)35-29-25-31-38-43-37-30-23-19-22-28-36-42(45)47-40(33-26-20-14-11-8-5-2)34-27-21-15-12-9-6-3/h38,40H,4-37,39H2,1-3H3. The van der Waals surface area contributed by atoms with Gasteiger partial charge in [0.15, 0.2) is 0 Å². The van der Waals surface area contributed by atoms with Gasteiger partial charge in [-0.3, -0.25) is 14.6 Å². The highest BCUT2D eigenvalue weighted by Crippen LogP contribution is 2.18. The number of aliphatic imine (C=N–C) groups is 1. The molecule has 0 fully saturated rings. The maximum atomic E-state index is 12.6. The molecule has 0 heterocycles. The number of ether oxygens (including phenoxy) is 2. The average molecular weight is 664 g/mol. The predicted octanol–water partition coefficient (Wildman–Crippen LogP) is 13.4. The SMILES string of the molecule is CCCCCCCCCCCOC(=O)CCCCC=NCCCCCCCC(=O)OC(CCCCCCCC)CCCCCCCC. The van der Waals surface area contributed by atoms with Crippen LogP contribution < -0.4 is 0 Å². The highest BCUT2D eigenvalue weighted by atomic mass is 16.5. The summed E-state index contributed by atoms with van der Waals surface area (Å²) in [6.45, 7) is 8.24. The fourth-order valence-electron chi connectivity index (χ4n) is 6.17. The molecular weight excluding hydrogens is 582 g/mol. The Labute approximate surface area is 293 Å². The van der Waals surface area contributed by atoms with Crippen molar-refractivity contribution in [3.05, 3.63) is 0 Å². The lowest BCUT2D eigenvalue weighted by Gasteiger charge is -2.18. The molecule has 47 heavy (non-hydrogen) atoms. The minimum Gasteiger partial charge on any atom is -0.466 e. The molecule has 0 rings (SSSR count). The Morgan fingerprint density at radius 2 is 0.915 bits per heavy atom. The second-order valence-corrected chi connectivity index (χ2v) is 14.1. The second kappa shape index (κ2) is 39.1. The molecular formula is C42H81NO4. The summed E-state index contributed by atoms with van der Waals surface area (Å²) in [7, 11) is 0. The second-order valence-electron chi connectivity index (χ2n) is 14.1. The molecule has 0 spiro atoms. The van der Waals surface area contributed by atoms with Gasteiger partial charge in [-0.1, -0.05) is 156 Å². The Bertz CT molecular complexity index is 664. The average Bonchev–Trinajstić information content (AvgIpc) is 3.07. The van der Waals surface area contributed by atoms with Crippen LogP contribution in [-0.2, 0) is 19.1 Å². The van der Waals surface area contributed by atoms with E-state index < -0.39 is 0 Å². The van der Waals surface area contributed by atoms with Crippen molar-refractivity contribution in [3.63, 3.8) is 0 Å². The molecule has 0 aliphatic carbocycles. The van der Waals surface area contributed by atoms with Crippen LogP contribution in [0.15, 0.2) is 4.99 Å². The molecule has 0 saturated carbocycles. The molecule has 0 amide bonds. The number of hydrogen-bond donors (Lipinski definition) is 0. The molecule has 5 nitrogen and oxygen atoms in total. The lowest BCUT2D eigenvalue weighted by Crippen LogP contribution is -2.18. The first-order chi connectivity index (χ1) is 23.1. The van der Waals surface area contributed by atoms with Gasteiger partial charge in [-0.2, -0.15) is 0 Å². The van der Waals surface area contributed by atoms with Gasteiger partial charge in [0.1, 0.15) is 6.10 Å². The highest BCUT2D eigenvalue weighted by Gasteiger charge is 2.14. The maximum Gasteiger partial charge on any atom is 0.306 e. The number of nitrogens with zero attached hydrogens (tertiary/aromatic N) is 1. The molecule has 0 aliphatic rings. The van der Waals surface area contributed by atoms with Crippen molar-refractivity contribution in [2.45, 2.75) is 239 Å². The molecule has 0 aromatic carbocycles. The highest BCUT2D eigenvalue weighted by molar-refractivity contribution is 5.69. The molecule has 0 radical (unpaired) electrons. The predicted molar refractivity (Wildman–Crippen MR) is 204 cm³/mol. The van der Waals surface area contributed by atoms with E-state index in [-0.39, 0.29) is 18.0 Å². The minimum absolute atomic E-state index is 0.0173. The van der Waals surface area contributed by atoms with E-state index in [4.69, 9.17) is 9.47 Å². The first-order valence-electron chi connectivity index (χ1n) is 21.0. The van der Waals surface area contributed by atoms with Crippen LogP contribution in [0.5, 0.6) is 0 Å². The molecule has 0 N–H and O–H groups in total. The monoisotopic (exact) mass is 664 g/mol. The third-order valence-electron chi connectivity index (χ3n) is 9.33. The van der Waals surface area contributed by atoms with Gasteiger partial charge < -0.3 is 9.47 Å². The van der Waals surface area contributed by atoms with Crippen molar-refractivity contribution < 1.29 is 19.1 Å². The summed E-state index contributed by atoms with van der Waals surface area (Å²) < 4.78 is 11.4. The molecule has 0 atom stereocenters. The third kappa shape index (κ3) is 37.3. The van der Waals surface area contributed by atoms with Gasteiger partial charge >= 0.3 is 11.9 Å². The van der Waals surface area contributed by atoms with Crippen molar-refractivity contribution in [1.29, 1.82) is 0 Å². The van der Waals surface area contributed by atoms with Crippen molar-refractivity contribution in [2.75, 3.05) is 13.2 Å². The zero-order valence-electron chi connectivity index (χ0n) is 32.0. The Balaban J connectivity index is 3.72. The number of rotatable bonds is 38. The van der Waals surface area contributed by atoms with Gasteiger partial charge in [0.2, 0.25) is 0 Å². The normalized spacial score (nSPS) is 11.6. The number of carbonyl (C=O) groups excluding carboxylic acids is 2. The van der Waals surface area contributed by atoms with Crippen LogP contribution in [0.3, 0.4) is 0 Å². The largest absolute Gasteiger partial charge is 0.466 e. The fourth-order valence-corrected chi connectivity index (χ4v) is 6.17. The number of carbonyl (C=O) groups is 2. The van der Waals surface area contributed by atoms with Gasteiger partial charge in [0.05, 0.1) is 6.61 Å². The quantitative estimate of drug-likeness (QED) is 0.0374. The molecule has 0 saturated heterocycles. The summed E-state index contributed by atoms with van der Waals surface area (Å²) in [5.41, 5.74) is 0. The Kier molecular flexibility index (Phi) is 37.9. The van der Waals surface area contributed by atoms with Gasteiger partial charge in [0.25, 0.3) is 0 Å². The summed E-state index contributed by atoms with van der Waals surface area (Å²) in [6, 6.07) is 0. The lowest BCUT2D eigenvalue weighted by molar-refractivity contribution is -0.150. The van der Waals surface area contributed by atoms with Crippen LogP contribution >= 0.6 is 0 Å². The molecule has 0 aromatic heterocycles. The number of unbranched alkanes of at least 4 members (excludes halogenated alkanes) is 24. The van der Waals surface area contributed by atoms with Crippen LogP contribution in [0.2, 0.25) is 0 Å². The Morgan fingerprint density at radius 1 is 0.489 bits per heavy atom. The van der Waals surface area contributed by atoms with Crippen molar-refractivity contribution in [1.82, 2.24) is 0 Å². The van der Waals surface area contributed by atoms with Crippen LogP contribution in [0.1, 0.15) is 233 Å². The van der Waals surface area contributed by atoms with Crippen molar-refractivity contribution >= 4 is 18.2 Å². The molecule has 0 bridgehead atoms. The summed E-state index contributed by atoms with van der Waals surface area (Å²) >= 11 is 0. The zero-order chi connectivity index (χ0) is 34.3. The van der Waals surface area contributed by atoms with E-state index in [0.717, 1.165) is 77.2 Å². The zero-order valence-corrected chi connectivity index (χ0v) is 32.0. The van der Waals surface area contributed by atoms with E-state index in [1.807, 2.05) is 6.21 Å². The smallest absolute Gasteiger partial charge is 0.306 e. The molecule has 5 heteroatoms. The first kappa shape index (κ1) is 45.6. The van der Waals surface area contributed by atoms with Crippen molar-refractivity contribution in [3.8, 4) is 0 Å². The van der Waals surface area contributed by atoms with Crippen LogP contribution in [0.4, 0.5) is 0 Å². The number of hydrogen-bond acceptors (Lipinski definition) is 5. The van der Waals surface area contributed by atoms with Crippen LogP contribution in [0.25, 0.3) is 0 Å². The summed E-state index contributed by atoms with van der Waals surface area (Å²) in [6.07, 6.45) is 40.6. The molecule has 0 aliphatic heterocycles. The van der Waals surface area contributed by atoms with Gasteiger partial charge in [-0.15, -0.1) is 0 Å². The first-order valence-corrected chi connectivity index (χ1v) is 21.0. The summed E-state index contributed by atoms with van der Waals surface area (Å²) in [5, 5.41) is 0. The summed E-state index contributed by atoms with van der Waals surface area (Å²) in [5.74, 6) is -0.0282.